The second-order valence-corrected chi connectivity index (χ2v) is 3.50. The Kier molecular flexibility index (Phi) is 2.58. The number of nitrogens with two attached hydrogens (primary N) is 1. The predicted molar refractivity (Wildman–Crippen MR) is 57.2 cm³/mol. The fraction of sp³-hybridized carbons (Fsp3) is 0. The summed E-state index contributed by atoms with van der Waals surface area (Å²) in [5.74, 6) is 4.98. The zero-order chi connectivity index (χ0) is 12.5. The lowest BCUT2D eigenvalue weighted by molar-refractivity contribution is -0.843. The van der Waals surface area contributed by atoms with Crippen LogP contribution in [0.2, 0.25) is 0 Å². The summed E-state index contributed by atoms with van der Waals surface area (Å²) in [6, 6.07) is 8.40. The van der Waals surface area contributed by atoms with Gasteiger partial charge in [-0.1, -0.05) is 35.0 Å². The van der Waals surface area contributed by atoms with E-state index in [1.54, 1.807) is 30.3 Å². The van der Waals surface area contributed by atoms with Crippen molar-refractivity contribution in [1.29, 1.82) is 0 Å². The molecule has 1 aliphatic heterocycles. The van der Waals surface area contributed by atoms with Crippen LogP contribution in [-0.2, 0) is 0 Å². The van der Waals surface area contributed by atoms with Crippen LogP contribution >= 0.6 is 0 Å². The van der Waals surface area contributed by atoms with E-state index in [4.69, 9.17) is 5.84 Å². The van der Waals surface area contributed by atoms with Crippen LogP contribution in [0.25, 0.3) is 0 Å². The van der Waals surface area contributed by atoms with E-state index in [9.17, 15) is 14.7 Å². The zero-order valence-electron chi connectivity index (χ0n) is 8.74. The van der Waals surface area contributed by atoms with Gasteiger partial charge in [0.1, 0.15) is 0 Å². The number of ketones is 1. The summed E-state index contributed by atoms with van der Waals surface area (Å²) >= 11 is 0. The number of quaternary nitrogens is 1. The number of amides is 1. The van der Waals surface area contributed by atoms with E-state index < -0.39 is 10.8 Å². The molecule has 0 saturated heterocycles. The van der Waals surface area contributed by atoms with Gasteiger partial charge in [-0.3, -0.25) is 4.79 Å². The number of carbonyl (C=O) groups is 2. The summed E-state index contributed by atoms with van der Waals surface area (Å²) in [7, 11) is 0. The summed E-state index contributed by atoms with van der Waals surface area (Å²) in [5, 5.41) is 14.3. The molecule has 0 aliphatic carbocycles. The number of hydrogen-bond acceptors (Lipinski definition) is 5. The molecule has 0 aromatic heterocycles. The number of Topliss-reactive ketones (excluding diaryl/α,β-unsaturated/α-hetero) is 1. The molecule has 1 aromatic carbocycles. The van der Waals surface area contributed by atoms with Crippen molar-refractivity contribution in [3.8, 4) is 0 Å². The van der Waals surface area contributed by atoms with E-state index in [-0.39, 0.29) is 11.5 Å². The molecule has 0 spiro atoms. The predicted octanol–water partition coefficient (Wildman–Crippen LogP) is -0.214. The lowest BCUT2D eigenvalue weighted by Gasteiger charge is -2.16. The minimum Gasteiger partial charge on any atom is -0.495 e. The number of allylic oxidation sites excluding steroid dienone is 1. The topological polar surface area (TPSA) is 95.6 Å². The molecule has 17 heavy (non-hydrogen) atoms. The standard InChI is InChI=1S/C11H9N3O3/c12-14(11(16)17)7-6-9(13-14)10(15)8-4-2-1-3-5-8/h1-7H,12H2. The van der Waals surface area contributed by atoms with Gasteiger partial charge in [0.05, 0.1) is 0 Å². The summed E-state index contributed by atoms with van der Waals surface area (Å²) in [4.78, 5) is 22.6. The molecule has 0 fully saturated rings. The van der Waals surface area contributed by atoms with Crippen molar-refractivity contribution in [3.63, 3.8) is 0 Å². The molecule has 0 saturated carbocycles. The van der Waals surface area contributed by atoms with Crippen molar-refractivity contribution in [2.45, 2.75) is 0 Å². The average molecular weight is 231 g/mol. The van der Waals surface area contributed by atoms with Crippen molar-refractivity contribution in [3.05, 3.63) is 48.2 Å². The number of carboxylic acid groups (broad SMARTS) is 1. The summed E-state index contributed by atoms with van der Waals surface area (Å²) in [6.07, 6.45) is 0.744. The van der Waals surface area contributed by atoms with Gasteiger partial charge in [-0.05, 0) is 5.10 Å². The molecule has 2 rings (SSSR count). The molecule has 1 amide bonds. The summed E-state index contributed by atoms with van der Waals surface area (Å²) in [6.45, 7) is 0. The van der Waals surface area contributed by atoms with Crippen LogP contribution in [-0.4, -0.2) is 22.3 Å². The first kappa shape index (κ1) is 11.2. The van der Waals surface area contributed by atoms with Crippen LogP contribution in [0.15, 0.2) is 47.7 Å². The minimum atomic E-state index is -1.60. The Hall–Kier alpha value is -2.31. The van der Waals surface area contributed by atoms with Crippen LogP contribution in [0.5, 0.6) is 0 Å². The van der Waals surface area contributed by atoms with E-state index >= 15 is 0 Å². The monoisotopic (exact) mass is 231 g/mol. The van der Waals surface area contributed by atoms with Gasteiger partial charge in [0.2, 0.25) is 5.78 Å². The third-order valence-electron chi connectivity index (χ3n) is 2.29. The number of hydrogen-bond donors (Lipinski definition) is 1. The zero-order valence-corrected chi connectivity index (χ0v) is 8.74. The van der Waals surface area contributed by atoms with Gasteiger partial charge in [-0.25, -0.2) is 0 Å². The van der Waals surface area contributed by atoms with E-state index in [1.807, 2.05) is 0 Å². The van der Waals surface area contributed by atoms with Crippen molar-refractivity contribution < 1.29 is 19.4 Å². The summed E-state index contributed by atoms with van der Waals surface area (Å²) in [5.41, 5.74) is 0.408. The highest BCUT2D eigenvalue weighted by molar-refractivity contribution is 6.49. The van der Waals surface area contributed by atoms with Crippen molar-refractivity contribution >= 4 is 17.6 Å². The van der Waals surface area contributed by atoms with Gasteiger partial charge < -0.3 is 9.90 Å². The molecule has 0 radical (unpaired) electrons. The molecule has 0 bridgehead atoms. The molecular weight excluding hydrogens is 222 g/mol. The van der Waals surface area contributed by atoms with E-state index in [2.05, 4.69) is 5.10 Å². The Morgan fingerprint density at radius 3 is 2.41 bits per heavy atom. The molecule has 1 atom stereocenters. The van der Waals surface area contributed by atoms with Crippen molar-refractivity contribution in [2.24, 2.45) is 10.9 Å². The Balaban J connectivity index is 2.31. The normalized spacial score (nSPS) is 22.3. The molecule has 1 aromatic rings. The van der Waals surface area contributed by atoms with Crippen molar-refractivity contribution in [1.82, 2.24) is 0 Å². The Morgan fingerprint density at radius 2 is 1.88 bits per heavy atom. The van der Waals surface area contributed by atoms with Gasteiger partial charge in [0.25, 0.3) is 0 Å². The first-order chi connectivity index (χ1) is 8.03. The highest BCUT2D eigenvalue weighted by atomic mass is 16.4. The SMILES string of the molecule is N[N+]1(C(=O)[O-])C=CC(C(=O)c2ccccc2)=N1. The van der Waals surface area contributed by atoms with Crippen LogP contribution in [0.3, 0.4) is 0 Å². The van der Waals surface area contributed by atoms with Crippen LogP contribution in [0.1, 0.15) is 10.4 Å². The number of carbonyl (C=O) groups excluding carboxylic acids is 2. The van der Waals surface area contributed by atoms with Gasteiger partial charge in [0, 0.05) is 11.6 Å². The summed E-state index contributed by atoms with van der Waals surface area (Å²) < 4.78 is -1.26. The highest BCUT2D eigenvalue weighted by Crippen LogP contribution is 2.12. The first-order valence-electron chi connectivity index (χ1n) is 4.81. The van der Waals surface area contributed by atoms with Gasteiger partial charge in [-0.2, -0.15) is 0 Å². The third kappa shape index (κ3) is 1.99. The largest absolute Gasteiger partial charge is 0.495 e. The average Bonchev–Trinajstić information content (AvgIpc) is 2.74. The fourth-order valence-corrected chi connectivity index (χ4v) is 1.39. The van der Waals surface area contributed by atoms with Gasteiger partial charge in [-0.15, -0.1) is 5.84 Å². The second-order valence-electron chi connectivity index (χ2n) is 3.50. The third-order valence-corrected chi connectivity index (χ3v) is 2.29. The molecule has 1 heterocycles. The van der Waals surface area contributed by atoms with Gasteiger partial charge in [0.15, 0.2) is 11.9 Å². The number of benzene rings is 1. The molecule has 2 N–H and O–H groups in total. The Labute approximate surface area is 96.8 Å². The number of nitrogens with zero attached hydrogens (tertiary/aromatic N) is 2. The fourth-order valence-electron chi connectivity index (χ4n) is 1.39. The lowest BCUT2D eigenvalue weighted by Crippen LogP contribution is -2.55. The van der Waals surface area contributed by atoms with Crippen LogP contribution in [0, 0.1) is 0 Å². The lowest BCUT2D eigenvalue weighted by atomic mass is 10.1. The number of rotatable bonds is 2. The minimum absolute atomic E-state index is 0.0112. The van der Waals surface area contributed by atoms with E-state index in [0.29, 0.717) is 5.56 Å². The smallest absolute Gasteiger partial charge is 0.311 e. The van der Waals surface area contributed by atoms with Crippen LogP contribution < -0.4 is 10.9 Å². The maximum absolute atomic E-state index is 11.9. The first-order valence-corrected chi connectivity index (χ1v) is 4.81. The molecule has 86 valence electrons. The molecule has 1 unspecified atom stereocenters. The highest BCUT2D eigenvalue weighted by Gasteiger charge is 2.32. The molecule has 6 nitrogen and oxygen atoms in total. The van der Waals surface area contributed by atoms with Crippen LogP contribution in [0.4, 0.5) is 4.79 Å². The maximum atomic E-state index is 11.9. The second kappa shape index (κ2) is 3.93. The van der Waals surface area contributed by atoms with Gasteiger partial charge >= 0.3 is 6.09 Å². The maximum Gasteiger partial charge on any atom is 0.311 e. The van der Waals surface area contributed by atoms with E-state index in [1.165, 1.54) is 6.08 Å². The quantitative estimate of drug-likeness (QED) is 0.329. The Morgan fingerprint density at radius 1 is 1.24 bits per heavy atom. The Bertz CT molecular complexity index is 536. The van der Waals surface area contributed by atoms with E-state index in [0.717, 1.165) is 6.20 Å². The van der Waals surface area contributed by atoms with Crippen molar-refractivity contribution in [2.75, 3.05) is 0 Å². The molecule has 1 aliphatic rings. The molecular formula is C11H9N3O3. The molecule has 6 heteroatoms.